The minimum atomic E-state index is -1.41. The summed E-state index contributed by atoms with van der Waals surface area (Å²) in [7, 11) is 1.38. The Hall–Kier alpha value is -1.92. The molecule has 103 valence electrons. The third-order valence-electron chi connectivity index (χ3n) is 2.50. The SMILES string of the molecule is COc1cc(C=O)ccc1OC([C]=O)C(O)C(C)O. The second kappa shape index (κ2) is 6.86. The van der Waals surface area contributed by atoms with Crippen LogP contribution >= 0.6 is 0 Å². The summed E-state index contributed by atoms with van der Waals surface area (Å²) in [5.41, 5.74) is 0.381. The van der Waals surface area contributed by atoms with Gasteiger partial charge in [0.05, 0.1) is 13.2 Å². The van der Waals surface area contributed by atoms with Gasteiger partial charge in [-0.2, -0.15) is 0 Å². The van der Waals surface area contributed by atoms with Crippen molar-refractivity contribution in [3.8, 4) is 11.5 Å². The van der Waals surface area contributed by atoms with Crippen molar-refractivity contribution < 1.29 is 29.3 Å². The largest absolute Gasteiger partial charge is 0.493 e. The number of aliphatic hydroxyl groups excluding tert-OH is 2. The zero-order chi connectivity index (χ0) is 14.4. The molecule has 6 nitrogen and oxygen atoms in total. The molecule has 0 amide bonds. The Balaban J connectivity index is 2.96. The lowest BCUT2D eigenvalue weighted by Crippen LogP contribution is -2.40. The molecule has 19 heavy (non-hydrogen) atoms. The third kappa shape index (κ3) is 3.77. The van der Waals surface area contributed by atoms with Crippen LogP contribution in [0.1, 0.15) is 17.3 Å². The summed E-state index contributed by atoms with van der Waals surface area (Å²) in [4.78, 5) is 21.4. The lowest BCUT2D eigenvalue weighted by Gasteiger charge is -2.21. The van der Waals surface area contributed by atoms with Gasteiger partial charge in [0.25, 0.3) is 0 Å². The first-order valence-corrected chi connectivity index (χ1v) is 5.57. The van der Waals surface area contributed by atoms with Gasteiger partial charge in [-0.3, -0.25) is 9.59 Å². The predicted molar refractivity (Wildman–Crippen MR) is 66.2 cm³/mol. The highest BCUT2D eigenvalue weighted by atomic mass is 16.5. The lowest BCUT2D eigenvalue weighted by atomic mass is 10.1. The van der Waals surface area contributed by atoms with Crippen LogP contribution in [0.25, 0.3) is 0 Å². The van der Waals surface area contributed by atoms with Crippen LogP contribution in [0.4, 0.5) is 0 Å². The van der Waals surface area contributed by atoms with Crippen molar-refractivity contribution in [3.63, 3.8) is 0 Å². The summed E-state index contributed by atoms with van der Waals surface area (Å²) < 4.78 is 10.2. The van der Waals surface area contributed by atoms with Crippen LogP contribution in [0.15, 0.2) is 18.2 Å². The molecule has 1 aromatic rings. The number of ether oxygens (including phenoxy) is 2. The number of rotatable bonds is 7. The third-order valence-corrected chi connectivity index (χ3v) is 2.50. The van der Waals surface area contributed by atoms with Crippen LogP contribution in [0.5, 0.6) is 11.5 Å². The molecular formula is C13H15O6. The highest BCUT2D eigenvalue weighted by Gasteiger charge is 2.26. The summed E-state index contributed by atoms with van der Waals surface area (Å²) in [6.07, 6.45) is -1.76. The van der Waals surface area contributed by atoms with Crippen LogP contribution in [-0.4, -0.2) is 48.2 Å². The molecule has 0 saturated carbocycles. The van der Waals surface area contributed by atoms with E-state index in [-0.39, 0.29) is 11.5 Å². The molecule has 0 aliphatic carbocycles. The standard InChI is InChI=1S/C13H15O6/c1-8(16)13(17)12(7-15)19-10-4-3-9(6-14)5-11(10)18-2/h3-6,8,12-13,16-17H,1-2H3. The van der Waals surface area contributed by atoms with E-state index in [2.05, 4.69) is 0 Å². The maximum Gasteiger partial charge on any atom is 0.245 e. The van der Waals surface area contributed by atoms with Gasteiger partial charge in [-0.05, 0) is 25.1 Å². The van der Waals surface area contributed by atoms with Gasteiger partial charge in [0.2, 0.25) is 6.29 Å². The van der Waals surface area contributed by atoms with E-state index in [0.29, 0.717) is 11.8 Å². The number of hydrogen-bond donors (Lipinski definition) is 2. The molecule has 0 aromatic heterocycles. The van der Waals surface area contributed by atoms with E-state index < -0.39 is 18.3 Å². The Bertz CT molecular complexity index is 443. The number of carbonyl (C=O) groups excluding carboxylic acids is 2. The minimum absolute atomic E-state index is 0.168. The molecule has 0 fully saturated rings. The van der Waals surface area contributed by atoms with Crippen molar-refractivity contribution in [3.05, 3.63) is 23.8 Å². The zero-order valence-electron chi connectivity index (χ0n) is 10.6. The highest BCUT2D eigenvalue weighted by Crippen LogP contribution is 2.28. The van der Waals surface area contributed by atoms with Crippen molar-refractivity contribution in [2.24, 2.45) is 0 Å². The van der Waals surface area contributed by atoms with Crippen molar-refractivity contribution >= 4 is 12.6 Å². The molecule has 1 radical (unpaired) electrons. The number of carbonyl (C=O) groups is 1. The van der Waals surface area contributed by atoms with Gasteiger partial charge in [-0.15, -0.1) is 0 Å². The van der Waals surface area contributed by atoms with Crippen molar-refractivity contribution in [1.82, 2.24) is 0 Å². The average Bonchev–Trinajstić information content (AvgIpc) is 2.43. The Morgan fingerprint density at radius 2 is 2.00 bits per heavy atom. The van der Waals surface area contributed by atoms with Crippen molar-refractivity contribution in [1.29, 1.82) is 0 Å². The summed E-state index contributed by atoms with van der Waals surface area (Å²) in [6, 6.07) is 4.34. The molecule has 0 aliphatic heterocycles. The highest BCUT2D eigenvalue weighted by molar-refractivity contribution is 5.76. The minimum Gasteiger partial charge on any atom is -0.493 e. The number of hydrogen-bond acceptors (Lipinski definition) is 6. The number of methoxy groups -OCH3 is 1. The number of benzene rings is 1. The van der Waals surface area contributed by atoms with E-state index in [1.165, 1.54) is 38.5 Å². The topological polar surface area (TPSA) is 93.1 Å². The second-order valence-electron chi connectivity index (χ2n) is 3.92. The Morgan fingerprint density at radius 3 is 2.47 bits per heavy atom. The van der Waals surface area contributed by atoms with Crippen LogP contribution in [0, 0.1) is 0 Å². The fourth-order valence-electron chi connectivity index (χ4n) is 1.41. The van der Waals surface area contributed by atoms with Crippen LogP contribution in [0.2, 0.25) is 0 Å². The van der Waals surface area contributed by atoms with E-state index in [1.807, 2.05) is 0 Å². The number of aldehydes is 1. The summed E-state index contributed by atoms with van der Waals surface area (Å²) >= 11 is 0. The van der Waals surface area contributed by atoms with Gasteiger partial charge < -0.3 is 19.7 Å². The molecule has 1 rings (SSSR count). The first-order chi connectivity index (χ1) is 9.03. The van der Waals surface area contributed by atoms with Crippen molar-refractivity contribution in [2.45, 2.75) is 25.2 Å². The maximum absolute atomic E-state index is 10.8. The van der Waals surface area contributed by atoms with E-state index in [4.69, 9.17) is 9.47 Å². The summed E-state index contributed by atoms with van der Waals surface area (Å²) in [5, 5.41) is 18.8. The number of aliphatic hydroxyl groups is 2. The Labute approximate surface area is 110 Å². The molecule has 1 aromatic carbocycles. The van der Waals surface area contributed by atoms with Gasteiger partial charge in [-0.25, -0.2) is 0 Å². The first kappa shape index (κ1) is 15.1. The molecule has 6 heteroatoms. The van der Waals surface area contributed by atoms with Crippen LogP contribution < -0.4 is 9.47 Å². The molecular weight excluding hydrogens is 252 g/mol. The Morgan fingerprint density at radius 1 is 1.32 bits per heavy atom. The fourth-order valence-corrected chi connectivity index (χ4v) is 1.41. The lowest BCUT2D eigenvalue weighted by molar-refractivity contribution is -0.0183. The molecule has 3 unspecified atom stereocenters. The normalized spacial score (nSPS) is 15.2. The van der Waals surface area contributed by atoms with Crippen LogP contribution in [0.3, 0.4) is 0 Å². The van der Waals surface area contributed by atoms with Gasteiger partial charge in [-0.1, -0.05) is 0 Å². The van der Waals surface area contributed by atoms with E-state index in [1.54, 1.807) is 0 Å². The molecule has 0 bridgehead atoms. The van der Waals surface area contributed by atoms with Gasteiger partial charge >= 0.3 is 0 Å². The molecule has 0 heterocycles. The first-order valence-electron chi connectivity index (χ1n) is 5.57. The quantitative estimate of drug-likeness (QED) is 0.681. The van der Waals surface area contributed by atoms with Gasteiger partial charge in [0.1, 0.15) is 12.4 Å². The second-order valence-corrected chi connectivity index (χ2v) is 3.92. The van der Waals surface area contributed by atoms with Gasteiger partial charge in [0, 0.05) is 5.56 Å². The molecule has 0 spiro atoms. The predicted octanol–water partition coefficient (Wildman–Crippen LogP) is 0.106. The van der Waals surface area contributed by atoms with E-state index >= 15 is 0 Å². The zero-order valence-corrected chi connectivity index (χ0v) is 10.6. The summed E-state index contributed by atoms with van der Waals surface area (Å²) in [5.74, 6) is 0.406. The van der Waals surface area contributed by atoms with E-state index in [9.17, 15) is 19.8 Å². The average molecular weight is 267 g/mol. The molecule has 0 saturated heterocycles. The fraction of sp³-hybridized carbons (Fsp3) is 0.385. The molecule has 2 N–H and O–H groups in total. The smallest absolute Gasteiger partial charge is 0.245 e. The van der Waals surface area contributed by atoms with E-state index in [0.717, 1.165) is 0 Å². The molecule has 0 aliphatic rings. The summed E-state index contributed by atoms with van der Waals surface area (Å²) in [6.45, 7) is 1.32. The molecule has 3 atom stereocenters. The van der Waals surface area contributed by atoms with Crippen molar-refractivity contribution in [2.75, 3.05) is 7.11 Å². The van der Waals surface area contributed by atoms with Gasteiger partial charge in [0.15, 0.2) is 17.6 Å². The monoisotopic (exact) mass is 267 g/mol. The van der Waals surface area contributed by atoms with Crippen LogP contribution in [-0.2, 0) is 4.79 Å². The Kier molecular flexibility index (Phi) is 5.47. The maximum atomic E-state index is 10.8.